The molecular formula is C24H31F2N5O. The Morgan fingerprint density at radius 1 is 1.03 bits per heavy atom. The zero-order chi connectivity index (χ0) is 22.3. The molecule has 0 aliphatic carbocycles. The molecule has 0 radical (unpaired) electrons. The van der Waals surface area contributed by atoms with Gasteiger partial charge in [0, 0.05) is 51.5 Å². The quantitative estimate of drug-likeness (QED) is 0.506. The van der Waals surface area contributed by atoms with E-state index >= 15 is 0 Å². The lowest BCUT2D eigenvalue weighted by Crippen LogP contribution is -2.46. The average Bonchev–Trinajstić information content (AvgIpc) is 3.47. The minimum atomic E-state index is -2.83. The molecule has 0 amide bonds. The number of para-hydroxylation sites is 3. The molecule has 172 valence electrons. The largest absolute Gasteiger partial charge is 0.433 e. The maximum absolute atomic E-state index is 12.7. The molecular weight excluding hydrogens is 412 g/mol. The fourth-order valence-electron chi connectivity index (χ4n) is 4.51. The van der Waals surface area contributed by atoms with Crippen LogP contribution in [0.15, 0.2) is 59.6 Å². The molecule has 0 saturated carbocycles. The number of benzene rings is 2. The summed E-state index contributed by atoms with van der Waals surface area (Å²) in [4.78, 5) is 8.89. The van der Waals surface area contributed by atoms with Crippen LogP contribution in [0.5, 0.6) is 5.75 Å². The van der Waals surface area contributed by atoms with Crippen LogP contribution in [-0.4, -0.2) is 58.4 Å². The highest BCUT2D eigenvalue weighted by atomic mass is 19.3. The Balaban J connectivity index is 1.26. The molecule has 2 aliphatic rings. The molecule has 2 unspecified atom stereocenters. The van der Waals surface area contributed by atoms with Gasteiger partial charge in [-0.1, -0.05) is 30.3 Å². The molecule has 2 aliphatic heterocycles. The Hall–Kier alpha value is -3.03. The predicted molar refractivity (Wildman–Crippen MR) is 125 cm³/mol. The van der Waals surface area contributed by atoms with E-state index in [-0.39, 0.29) is 11.8 Å². The normalized spacial score (nSPS) is 21.3. The topological polar surface area (TPSA) is 52.1 Å². The van der Waals surface area contributed by atoms with Crippen molar-refractivity contribution in [3.05, 3.63) is 54.6 Å². The summed E-state index contributed by atoms with van der Waals surface area (Å²) in [5, 5.41) is 6.96. The molecule has 2 fully saturated rings. The standard InChI is InChI=1S/C24H31F2N5O/c1-27-24(28-15-18-11-13-30(16-18)20-7-3-2-4-8-20)29-19-12-14-31(17-19)21-9-5-6-10-22(21)32-23(25)26/h2-10,18-19,23H,11-17H2,1H3,(H2,27,28,29). The van der Waals surface area contributed by atoms with Gasteiger partial charge in [-0.05, 0) is 43.0 Å². The first kappa shape index (κ1) is 22.2. The summed E-state index contributed by atoms with van der Waals surface area (Å²) in [5.41, 5.74) is 1.98. The smallest absolute Gasteiger partial charge is 0.387 e. The van der Waals surface area contributed by atoms with Crippen molar-refractivity contribution in [2.75, 3.05) is 49.6 Å². The van der Waals surface area contributed by atoms with Gasteiger partial charge in [0.05, 0.1) is 5.69 Å². The Kier molecular flexibility index (Phi) is 7.29. The van der Waals surface area contributed by atoms with Gasteiger partial charge < -0.3 is 25.2 Å². The lowest BCUT2D eigenvalue weighted by atomic mass is 10.1. The third-order valence-corrected chi connectivity index (χ3v) is 6.14. The number of aliphatic imine (C=N–C) groups is 1. The number of hydrogen-bond acceptors (Lipinski definition) is 4. The molecule has 4 rings (SSSR count). The summed E-state index contributed by atoms with van der Waals surface area (Å²) >= 11 is 0. The monoisotopic (exact) mass is 443 g/mol. The summed E-state index contributed by atoms with van der Waals surface area (Å²) in [6.07, 6.45) is 2.05. The summed E-state index contributed by atoms with van der Waals surface area (Å²) in [5.74, 6) is 1.56. The lowest BCUT2D eigenvalue weighted by Gasteiger charge is -2.23. The van der Waals surface area contributed by atoms with Crippen molar-refractivity contribution < 1.29 is 13.5 Å². The number of alkyl halides is 2. The number of nitrogens with one attached hydrogen (secondary N) is 2. The van der Waals surface area contributed by atoms with Crippen LogP contribution in [0.25, 0.3) is 0 Å². The summed E-state index contributed by atoms with van der Waals surface area (Å²) in [6.45, 7) is 1.61. The maximum atomic E-state index is 12.7. The van der Waals surface area contributed by atoms with Crippen molar-refractivity contribution in [2.45, 2.75) is 25.5 Å². The molecule has 2 heterocycles. The molecule has 0 aromatic heterocycles. The van der Waals surface area contributed by atoms with Crippen LogP contribution in [0.1, 0.15) is 12.8 Å². The van der Waals surface area contributed by atoms with E-state index in [2.05, 4.69) is 49.7 Å². The van der Waals surface area contributed by atoms with Gasteiger partial charge >= 0.3 is 6.61 Å². The van der Waals surface area contributed by atoms with Crippen molar-refractivity contribution in [3.63, 3.8) is 0 Å². The minimum Gasteiger partial charge on any atom is -0.433 e. The molecule has 2 aromatic rings. The van der Waals surface area contributed by atoms with Crippen LogP contribution in [0.4, 0.5) is 20.2 Å². The van der Waals surface area contributed by atoms with E-state index < -0.39 is 6.61 Å². The van der Waals surface area contributed by atoms with E-state index in [1.807, 2.05) is 18.2 Å². The van der Waals surface area contributed by atoms with Crippen molar-refractivity contribution in [2.24, 2.45) is 10.9 Å². The average molecular weight is 444 g/mol. The van der Waals surface area contributed by atoms with Gasteiger partial charge in [-0.2, -0.15) is 8.78 Å². The van der Waals surface area contributed by atoms with E-state index in [1.165, 1.54) is 5.69 Å². The molecule has 2 saturated heterocycles. The number of ether oxygens (including phenoxy) is 1. The van der Waals surface area contributed by atoms with E-state index in [9.17, 15) is 8.78 Å². The van der Waals surface area contributed by atoms with Crippen LogP contribution in [-0.2, 0) is 0 Å². The number of hydrogen-bond donors (Lipinski definition) is 2. The van der Waals surface area contributed by atoms with Gasteiger partial charge in [0.15, 0.2) is 5.96 Å². The molecule has 0 bridgehead atoms. The Morgan fingerprint density at radius 3 is 2.56 bits per heavy atom. The van der Waals surface area contributed by atoms with Gasteiger partial charge in [-0.15, -0.1) is 0 Å². The molecule has 2 N–H and O–H groups in total. The highest BCUT2D eigenvalue weighted by Gasteiger charge is 2.27. The molecule has 2 atom stereocenters. The van der Waals surface area contributed by atoms with Gasteiger partial charge in [-0.3, -0.25) is 4.99 Å². The first-order valence-corrected chi connectivity index (χ1v) is 11.2. The van der Waals surface area contributed by atoms with Crippen LogP contribution < -0.4 is 25.2 Å². The zero-order valence-corrected chi connectivity index (χ0v) is 18.4. The van der Waals surface area contributed by atoms with Crippen LogP contribution >= 0.6 is 0 Å². The van der Waals surface area contributed by atoms with E-state index in [4.69, 9.17) is 4.74 Å². The summed E-state index contributed by atoms with van der Waals surface area (Å²) in [6, 6.07) is 17.7. The SMILES string of the molecule is CN=C(NCC1CCN(c2ccccc2)C1)NC1CCN(c2ccccc2OC(F)F)C1. The van der Waals surface area contributed by atoms with Crippen molar-refractivity contribution >= 4 is 17.3 Å². The van der Waals surface area contributed by atoms with E-state index in [0.29, 0.717) is 18.2 Å². The van der Waals surface area contributed by atoms with E-state index in [1.54, 1.807) is 19.2 Å². The number of guanidine groups is 1. The lowest BCUT2D eigenvalue weighted by molar-refractivity contribution is -0.0495. The molecule has 32 heavy (non-hydrogen) atoms. The third-order valence-electron chi connectivity index (χ3n) is 6.14. The number of nitrogens with zero attached hydrogens (tertiary/aromatic N) is 3. The van der Waals surface area contributed by atoms with Crippen LogP contribution in [0.3, 0.4) is 0 Å². The number of halogens is 2. The summed E-state index contributed by atoms with van der Waals surface area (Å²) < 4.78 is 30.2. The highest BCUT2D eigenvalue weighted by molar-refractivity contribution is 5.80. The first-order chi connectivity index (χ1) is 15.6. The third kappa shape index (κ3) is 5.60. The van der Waals surface area contributed by atoms with Gasteiger partial charge in [0.1, 0.15) is 5.75 Å². The number of rotatable bonds is 7. The fourth-order valence-corrected chi connectivity index (χ4v) is 4.51. The minimum absolute atomic E-state index is 0.185. The second kappa shape index (κ2) is 10.5. The first-order valence-electron chi connectivity index (χ1n) is 11.2. The van der Waals surface area contributed by atoms with Crippen molar-refractivity contribution in [1.29, 1.82) is 0 Å². The van der Waals surface area contributed by atoms with Gasteiger partial charge in [0.25, 0.3) is 0 Å². The van der Waals surface area contributed by atoms with Crippen molar-refractivity contribution in [1.82, 2.24) is 10.6 Å². The summed E-state index contributed by atoms with van der Waals surface area (Å²) in [7, 11) is 1.78. The van der Waals surface area contributed by atoms with Gasteiger partial charge in [-0.25, -0.2) is 0 Å². The zero-order valence-electron chi connectivity index (χ0n) is 18.4. The van der Waals surface area contributed by atoms with Crippen LogP contribution in [0.2, 0.25) is 0 Å². The molecule has 0 spiro atoms. The molecule has 8 heteroatoms. The highest BCUT2D eigenvalue weighted by Crippen LogP contribution is 2.31. The molecule has 2 aromatic carbocycles. The maximum Gasteiger partial charge on any atom is 0.387 e. The van der Waals surface area contributed by atoms with Crippen molar-refractivity contribution in [3.8, 4) is 5.75 Å². The Bertz CT molecular complexity index is 895. The van der Waals surface area contributed by atoms with Crippen LogP contribution in [0, 0.1) is 5.92 Å². The van der Waals surface area contributed by atoms with E-state index in [0.717, 1.165) is 45.0 Å². The Morgan fingerprint density at radius 2 is 1.78 bits per heavy atom. The van der Waals surface area contributed by atoms with Gasteiger partial charge in [0.2, 0.25) is 0 Å². The number of anilines is 2. The second-order valence-corrected chi connectivity index (χ2v) is 8.31. The Labute approximate surface area is 188 Å². The predicted octanol–water partition coefficient (Wildman–Crippen LogP) is 3.56. The molecule has 6 nitrogen and oxygen atoms in total. The fraction of sp³-hybridized carbons (Fsp3) is 0.458. The second-order valence-electron chi connectivity index (χ2n) is 8.31.